The monoisotopic (exact) mass is 318 g/mol. The van der Waals surface area contributed by atoms with Crippen LogP contribution in [0.1, 0.15) is 58.3 Å². The molecule has 0 aliphatic carbocycles. The van der Waals surface area contributed by atoms with Gasteiger partial charge in [-0.25, -0.2) is 4.39 Å². The normalized spacial score (nSPS) is 11.7. The van der Waals surface area contributed by atoms with Crippen LogP contribution in [-0.4, -0.2) is 5.11 Å². The lowest BCUT2D eigenvalue weighted by Gasteiger charge is -2.03. The lowest BCUT2D eigenvalue weighted by atomic mass is 10.0. The Kier molecular flexibility index (Phi) is 11.7. The quantitative estimate of drug-likeness (QED) is 0.215. The van der Waals surface area contributed by atoms with E-state index in [1.165, 1.54) is 38.5 Å². The van der Waals surface area contributed by atoms with Crippen molar-refractivity contribution >= 4 is 0 Å². The van der Waals surface area contributed by atoms with Crippen molar-refractivity contribution < 1.29 is 9.50 Å². The van der Waals surface area contributed by atoms with Crippen LogP contribution >= 0.6 is 0 Å². The van der Waals surface area contributed by atoms with Crippen molar-refractivity contribution in [2.45, 2.75) is 58.3 Å². The van der Waals surface area contributed by atoms with Crippen LogP contribution in [0.4, 0.5) is 4.39 Å². The van der Waals surface area contributed by atoms with Crippen molar-refractivity contribution in [3.63, 3.8) is 0 Å². The van der Waals surface area contributed by atoms with Gasteiger partial charge in [0.15, 0.2) is 5.83 Å². The van der Waals surface area contributed by atoms with Crippen LogP contribution < -0.4 is 0 Å². The van der Waals surface area contributed by atoms with E-state index in [2.05, 4.69) is 33.2 Å². The van der Waals surface area contributed by atoms with Gasteiger partial charge in [0.25, 0.3) is 0 Å². The molecule has 0 rings (SSSR count). The zero-order valence-corrected chi connectivity index (χ0v) is 14.5. The van der Waals surface area contributed by atoms with Gasteiger partial charge in [0.1, 0.15) is 5.76 Å². The van der Waals surface area contributed by atoms with Crippen LogP contribution in [0, 0.1) is 0 Å². The molecular weight excluding hydrogens is 287 g/mol. The minimum Gasteiger partial charge on any atom is -0.506 e. The zero-order valence-electron chi connectivity index (χ0n) is 14.5. The van der Waals surface area contributed by atoms with Gasteiger partial charge in [-0.3, -0.25) is 0 Å². The fourth-order valence-electron chi connectivity index (χ4n) is 2.05. The second-order valence-corrected chi connectivity index (χ2v) is 5.85. The molecule has 0 radical (unpaired) electrons. The molecule has 128 valence electrons. The summed E-state index contributed by atoms with van der Waals surface area (Å²) in [5, 5.41) is 8.92. The van der Waals surface area contributed by atoms with E-state index in [9.17, 15) is 4.39 Å². The fourth-order valence-corrected chi connectivity index (χ4v) is 2.05. The number of unbranched alkanes of at least 4 members (excludes halogenated alkanes) is 6. The standard InChI is InChI=1S/C21H31FO/c1-6-7-8-9-10-11-12-13-17(2)14-15-18(3)19(4)16-21(22)20(5)23/h14-16,23H,2-13H2,1H3/b15-14-,21-16+. The molecule has 0 saturated carbocycles. The third kappa shape index (κ3) is 11.4. The highest BCUT2D eigenvalue weighted by atomic mass is 19.1. The predicted molar refractivity (Wildman–Crippen MR) is 100 cm³/mol. The van der Waals surface area contributed by atoms with Crippen molar-refractivity contribution in [1.29, 1.82) is 0 Å². The van der Waals surface area contributed by atoms with Gasteiger partial charge in [0.2, 0.25) is 0 Å². The van der Waals surface area contributed by atoms with E-state index in [0.29, 0.717) is 11.1 Å². The maximum atomic E-state index is 13.2. The van der Waals surface area contributed by atoms with Crippen molar-refractivity contribution in [3.05, 3.63) is 72.8 Å². The van der Waals surface area contributed by atoms with Crippen LogP contribution in [0.3, 0.4) is 0 Å². The molecule has 0 amide bonds. The van der Waals surface area contributed by atoms with Gasteiger partial charge in [-0.15, -0.1) is 0 Å². The van der Waals surface area contributed by atoms with Gasteiger partial charge >= 0.3 is 0 Å². The Balaban J connectivity index is 4.03. The fraction of sp³-hybridized carbons (Fsp3) is 0.429. The van der Waals surface area contributed by atoms with Crippen LogP contribution in [0.25, 0.3) is 0 Å². The van der Waals surface area contributed by atoms with Crippen LogP contribution in [-0.2, 0) is 0 Å². The first-order valence-electron chi connectivity index (χ1n) is 8.38. The van der Waals surface area contributed by atoms with Gasteiger partial charge in [0, 0.05) is 0 Å². The summed E-state index contributed by atoms with van der Waals surface area (Å²) in [6, 6.07) is 0. The number of hydrogen-bond acceptors (Lipinski definition) is 1. The van der Waals surface area contributed by atoms with Gasteiger partial charge in [-0.2, -0.15) is 0 Å². The highest BCUT2D eigenvalue weighted by Gasteiger charge is 2.01. The second-order valence-electron chi connectivity index (χ2n) is 5.85. The minimum absolute atomic E-state index is 0.401. The summed E-state index contributed by atoms with van der Waals surface area (Å²) in [6.07, 6.45) is 14.7. The summed E-state index contributed by atoms with van der Waals surface area (Å²) in [7, 11) is 0. The van der Waals surface area contributed by atoms with Crippen LogP contribution in [0.2, 0.25) is 0 Å². The Hall–Kier alpha value is -1.83. The summed E-state index contributed by atoms with van der Waals surface area (Å²) in [6.45, 7) is 16.9. The van der Waals surface area contributed by atoms with Gasteiger partial charge < -0.3 is 5.11 Å². The average Bonchev–Trinajstić information content (AvgIpc) is 2.51. The molecule has 0 fully saturated rings. The topological polar surface area (TPSA) is 20.2 Å². The summed E-state index contributed by atoms with van der Waals surface area (Å²) in [4.78, 5) is 0. The van der Waals surface area contributed by atoms with E-state index >= 15 is 0 Å². The first-order valence-corrected chi connectivity index (χ1v) is 8.38. The molecule has 0 aliphatic heterocycles. The third-order valence-corrected chi connectivity index (χ3v) is 3.61. The number of allylic oxidation sites excluding steroid dienone is 7. The minimum atomic E-state index is -0.800. The first kappa shape index (κ1) is 21.2. The summed E-state index contributed by atoms with van der Waals surface area (Å²) in [5.41, 5.74) is 2.02. The molecule has 0 unspecified atom stereocenters. The Bertz CT molecular complexity index is 480. The van der Waals surface area contributed by atoms with E-state index in [1.54, 1.807) is 6.08 Å². The summed E-state index contributed by atoms with van der Waals surface area (Å²) < 4.78 is 13.2. The van der Waals surface area contributed by atoms with E-state index in [1.807, 2.05) is 6.08 Å². The molecule has 0 aliphatic rings. The average molecular weight is 318 g/mol. The Morgan fingerprint density at radius 1 is 0.870 bits per heavy atom. The zero-order chi connectivity index (χ0) is 17.7. The molecule has 0 aromatic rings. The Labute approximate surface area is 141 Å². The molecule has 0 heterocycles. The molecule has 0 atom stereocenters. The number of rotatable bonds is 13. The Morgan fingerprint density at radius 3 is 2.00 bits per heavy atom. The molecule has 0 spiro atoms. The van der Waals surface area contributed by atoms with Gasteiger partial charge in [0.05, 0.1) is 0 Å². The molecular formula is C21H31FO. The smallest absolute Gasteiger partial charge is 0.164 e. The maximum absolute atomic E-state index is 13.2. The molecule has 0 saturated heterocycles. The van der Waals surface area contributed by atoms with Crippen LogP contribution in [0.15, 0.2) is 72.8 Å². The van der Waals surface area contributed by atoms with E-state index in [4.69, 9.17) is 5.11 Å². The number of halogens is 1. The number of hydrogen-bond donors (Lipinski definition) is 1. The largest absolute Gasteiger partial charge is 0.506 e. The van der Waals surface area contributed by atoms with Crippen molar-refractivity contribution in [2.75, 3.05) is 0 Å². The molecule has 0 bridgehead atoms. The number of aliphatic hydroxyl groups is 1. The molecule has 0 aromatic heterocycles. The summed E-state index contributed by atoms with van der Waals surface area (Å²) in [5.74, 6) is -1.40. The molecule has 1 nitrogen and oxygen atoms in total. The SMILES string of the molecule is C=C(/C=C\C(=C)C(=C)/C=C(/F)C(=C)O)CCCCCCCCC. The Morgan fingerprint density at radius 2 is 1.43 bits per heavy atom. The van der Waals surface area contributed by atoms with E-state index < -0.39 is 11.6 Å². The molecule has 23 heavy (non-hydrogen) atoms. The highest BCUT2D eigenvalue weighted by molar-refractivity contribution is 5.46. The maximum Gasteiger partial charge on any atom is 0.164 e. The van der Waals surface area contributed by atoms with Crippen molar-refractivity contribution in [1.82, 2.24) is 0 Å². The predicted octanol–water partition coefficient (Wildman–Crippen LogP) is 7.28. The first-order chi connectivity index (χ1) is 10.9. The number of aliphatic hydroxyl groups excluding tert-OH is 1. The highest BCUT2D eigenvalue weighted by Crippen LogP contribution is 2.17. The van der Waals surface area contributed by atoms with Crippen molar-refractivity contribution in [2.24, 2.45) is 0 Å². The lowest BCUT2D eigenvalue weighted by molar-refractivity contribution is 0.392. The van der Waals surface area contributed by atoms with E-state index in [-0.39, 0.29) is 0 Å². The van der Waals surface area contributed by atoms with Gasteiger partial charge in [-0.1, -0.05) is 89.5 Å². The molecule has 1 N–H and O–H groups in total. The van der Waals surface area contributed by atoms with Crippen molar-refractivity contribution in [3.8, 4) is 0 Å². The summed E-state index contributed by atoms with van der Waals surface area (Å²) >= 11 is 0. The van der Waals surface area contributed by atoms with E-state index in [0.717, 1.165) is 24.5 Å². The van der Waals surface area contributed by atoms with Crippen LogP contribution in [0.5, 0.6) is 0 Å². The third-order valence-electron chi connectivity index (χ3n) is 3.61. The second kappa shape index (κ2) is 12.7. The lowest BCUT2D eigenvalue weighted by Crippen LogP contribution is -1.85. The molecule has 0 aromatic carbocycles. The van der Waals surface area contributed by atoms with Gasteiger partial charge in [-0.05, 0) is 30.1 Å². The molecule has 2 heteroatoms.